The lowest BCUT2D eigenvalue weighted by molar-refractivity contribution is 0.300. The standard InChI is InChI=1S/C14H17FN2OS/c1-2-12(16)4-10-3-11(15)6-14(5-10)18-7-13-8-19-9-17-13/h3,5-6,8-9,12H,2,4,7,16H2,1H3. The lowest BCUT2D eigenvalue weighted by Crippen LogP contribution is -2.21. The van der Waals surface area contributed by atoms with Crippen LogP contribution in [0, 0.1) is 5.82 Å². The molecule has 1 atom stereocenters. The Morgan fingerprint density at radius 2 is 2.26 bits per heavy atom. The molecule has 0 fully saturated rings. The van der Waals surface area contributed by atoms with Gasteiger partial charge in [-0.1, -0.05) is 6.92 Å². The summed E-state index contributed by atoms with van der Waals surface area (Å²) in [5.41, 5.74) is 9.34. The third-order valence-corrected chi connectivity index (χ3v) is 3.46. The fourth-order valence-electron chi connectivity index (χ4n) is 1.74. The van der Waals surface area contributed by atoms with Crippen molar-refractivity contribution < 1.29 is 9.13 Å². The summed E-state index contributed by atoms with van der Waals surface area (Å²) in [6.07, 6.45) is 1.52. The Kier molecular flexibility index (Phi) is 4.87. The van der Waals surface area contributed by atoms with E-state index >= 15 is 0 Å². The molecule has 102 valence electrons. The zero-order valence-corrected chi connectivity index (χ0v) is 11.6. The average molecular weight is 280 g/mol. The molecule has 0 amide bonds. The van der Waals surface area contributed by atoms with Crippen LogP contribution in [0.1, 0.15) is 24.6 Å². The molecule has 3 nitrogen and oxygen atoms in total. The number of nitrogens with zero attached hydrogens (tertiary/aromatic N) is 1. The van der Waals surface area contributed by atoms with Gasteiger partial charge in [-0.05, 0) is 30.5 Å². The Bertz CT molecular complexity index is 516. The van der Waals surface area contributed by atoms with Gasteiger partial charge in [0.2, 0.25) is 0 Å². The van der Waals surface area contributed by atoms with Gasteiger partial charge < -0.3 is 10.5 Å². The predicted molar refractivity (Wildman–Crippen MR) is 74.8 cm³/mol. The number of hydrogen-bond donors (Lipinski definition) is 1. The number of aromatic nitrogens is 1. The van der Waals surface area contributed by atoms with Gasteiger partial charge in [0.05, 0.1) is 11.2 Å². The highest BCUT2D eigenvalue weighted by atomic mass is 32.1. The van der Waals surface area contributed by atoms with Crippen LogP contribution in [0.15, 0.2) is 29.1 Å². The third-order valence-electron chi connectivity index (χ3n) is 2.82. The van der Waals surface area contributed by atoms with Gasteiger partial charge in [0.25, 0.3) is 0 Å². The van der Waals surface area contributed by atoms with Crippen molar-refractivity contribution in [3.8, 4) is 5.75 Å². The molecule has 1 aromatic heterocycles. The normalized spacial score (nSPS) is 12.4. The number of hydrogen-bond acceptors (Lipinski definition) is 4. The van der Waals surface area contributed by atoms with Crippen LogP contribution in [-0.4, -0.2) is 11.0 Å². The highest BCUT2D eigenvalue weighted by Gasteiger charge is 2.06. The molecule has 2 N–H and O–H groups in total. The second kappa shape index (κ2) is 6.63. The quantitative estimate of drug-likeness (QED) is 0.884. The van der Waals surface area contributed by atoms with E-state index in [-0.39, 0.29) is 11.9 Å². The molecule has 19 heavy (non-hydrogen) atoms. The smallest absolute Gasteiger partial charge is 0.131 e. The van der Waals surface area contributed by atoms with Crippen molar-refractivity contribution >= 4 is 11.3 Å². The summed E-state index contributed by atoms with van der Waals surface area (Å²) in [6, 6.07) is 4.77. The maximum Gasteiger partial charge on any atom is 0.131 e. The van der Waals surface area contributed by atoms with Crippen LogP contribution in [0.25, 0.3) is 0 Å². The zero-order chi connectivity index (χ0) is 13.7. The number of thiazole rings is 1. The van der Waals surface area contributed by atoms with Gasteiger partial charge in [0, 0.05) is 17.5 Å². The molecule has 0 saturated heterocycles. The molecule has 0 radical (unpaired) electrons. The van der Waals surface area contributed by atoms with Gasteiger partial charge in [0.1, 0.15) is 18.2 Å². The maximum atomic E-state index is 13.5. The molecule has 1 aromatic carbocycles. The lowest BCUT2D eigenvalue weighted by Gasteiger charge is -2.11. The van der Waals surface area contributed by atoms with Crippen molar-refractivity contribution in [2.24, 2.45) is 5.73 Å². The van der Waals surface area contributed by atoms with Crippen molar-refractivity contribution in [3.63, 3.8) is 0 Å². The van der Waals surface area contributed by atoms with Crippen molar-refractivity contribution in [3.05, 3.63) is 46.2 Å². The minimum absolute atomic E-state index is 0.0493. The van der Waals surface area contributed by atoms with E-state index in [9.17, 15) is 4.39 Å². The van der Waals surface area contributed by atoms with E-state index in [1.807, 2.05) is 18.4 Å². The first-order valence-corrected chi connectivity index (χ1v) is 7.16. The van der Waals surface area contributed by atoms with Crippen LogP contribution in [0.3, 0.4) is 0 Å². The molecule has 2 aromatic rings. The second-order valence-electron chi connectivity index (χ2n) is 4.44. The molecule has 1 unspecified atom stereocenters. The Balaban J connectivity index is 2.03. The van der Waals surface area contributed by atoms with E-state index in [1.165, 1.54) is 23.5 Å². The van der Waals surface area contributed by atoms with Gasteiger partial charge in [-0.25, -0.2) is 9.37 Å². The number of benzene rings is 1. The molecule has 0 spiro atoms. The zero-order valence-electron chi connectivity index (χ0n) is 10.8. The van der Waals surface area contributed by atoms with Crippen LogP contribution < -0.4 is 10.5 Å². The molecule has 0 bridgehead atoms. The first-order chi connectivity index (χ1) is 9.17. The highest BCUT2D eigenvalue weighted by Crippen LogP contribution is 2.19. The number of ether oxygens (including phenoxy) is 1. The highest BCUT2D eigenvalue weighted by molar-refractivity contribution is 7.07. The number of halogens is 1. The summed E-state index contributed by atoms with van der Waals surface area (Å²) in [7, 11) is 0. The molecule has 0 aliphatic carbocycles. The van der Waals surface area contributed by atoms with E-state index in [0.29, 0.717) is 18.8 Å². The fraction of sp³-hybridized carbons (Fsp3) is 0.357. The Morgan fingerprint density at radius 3 is 2.95 bits per heavy atom. The SMILES string of the molecule is CCC(N)Cc1cc(F)cc(OCc2cscn2)c1. The van der Waals surface area contributed by atoms with Crippen LogP contribution in [-0.2, 0) is 13.0 Å². The lowest BCUT2D eigenvalue weighted by atomic mass is 10.0. The van der Waals surface area contributed by atoms with Crippen LogP contribution in [0.4, 0.5) is 4.39 Å². The van der Waals surface area contributed by atoms with Crippen molar-refractivity contribution in [2.45, 2.75) is 32.4 Å². The van der Waals surface area contributed by atoms with E-state index < -0.39 is 0 Å². The largest absolute Gasteiger partial charge is 0.487 e. The Morgan fingerprint density at radius 1 is 1.42 bits per heavy atom. The van der Waals surface area contributed by atoms with Crippen LogP contribution in [0.5, 0.6) is 5.75 Å². The summed E-state index contributed by atoms with van der Waals surface area (Å²) < 4.78 is 19.1. The van der Waals surface area contributed by atoms with E-state index in [2.05, 4.69) is 4.98 Å². The average Bonchev–Trinajstić information content (AvgIpc) is 2.88. The van der Waals surface area contributed by atoms with Gasteiger partial charge in [-0.2, -0.15) is 0 Å². The van der Waals surface area contributed by atoms with Crippen LogP contribution >= 0.6 is 11.3 Å². The summed E-state index contributed by atoms with van der Waals surface area (Å²) in [5, 5.41) is 1.91. The van der Waals surface area contributed by atoms with E-state index in [4.69, 9.17) is 10.5 Å². The Hall–Kier alpha value is -1.46. The van der Waals surface area contributed by atoms with Gasteiger partial charge >= 0.3 is 0 Å². The first kappa shape index (κ1) is 14.0. The summed E-state index contributed by atoms with van der Waals surface area (Å²) >= 11 is 1.51. The topological polar surface area (TPSA) is 48.1 Å². The fourth-order valence-corrected chi connectivity index (χ4v) is 2.28. The van der Waals surface area contributed by atoms with E-state index in [1.54, 1.807) is 5.51 Å². The predicted octanol–water partition coefficient (Wildman–Crippen LogP) is 3.14. The number of rotatable bonds is 6. The Labute approximate surface area is 116 Å². The summed E-state index contributed by atoms with van der Waals surface area (Å²) in [5.74, 6) is 0.223. The molecule has 0 aliphatic heterocycles. The summed E-state index contributed by atoms with van der Waals surface area (Å²) in [6.45, 7) is 2.37. The molecule has 0 saturated carbocycles. The van der Waals surface area contributed by atoms with Crippen molar-refractivity contribution in [2.75, 3.05) is 0 Å². The van der Waals surface area contributed by atoms with Crippen LogP contribution in [0.2, 0.25) is 0 Å². The number of nitrogens with two attached hydrogens (primary N) is 1. The molecule has 1 heterocycles. The summed E-state index contributed by atoms with van der Waals surface area (Å²) in [4.78, 5) is 4.12. The van der Waals surface area contributed by atoms with Gasteiger partial charge in [0.15, 0.2) is 0 Å². The molecule has 2 rings (SSSR count). The van der Waals surface area contributed by atoms with Crippen molar-refractivity contribution in [1.82, 2.24) is 4.98 Å². The molecular formula is C14H17FN2OS. The molecule has 5 heteroatoms. The van der Waals surface area contributed by atoms with Gasteiger partial charge in [-0.15, -0.1) is 11.3 Å². The monoisotopic (exact) mass is 280 g/mol. The molecular weight excluding hydrogens is 263 g/mol. The first-order valence-electron chi connectivity index (χ1n) is 6.22. The van der Waals surface area contributed by atoms with Gasteiger partial charge in [-0.3, -0.25) is 0 Å². The van der Waals surface area contributed by atoms with Crippen molar-refractivity contribution in [1.29, 1.82) is 0 Å². The minimum Gasteiger partial charge on any atom is -0.487 e. The van der Waals surface area contributed by atoms with E-state index in [0.717, 1.165) is 17.7 Å². The molecule has 0 aliphatic rings. The third kappa shape index (κ3) is 4.29. The second-order valence-corrected chi connectivity index (χ2v) is 5.15. The maximum absolute atomic E-state index is 13.5. The minimum atomic E-state index is -0.297.